The van der Waals surface area contributed by atoms with Crippen LogP contribution in [0.5, 0.6) is 0 Å². The van der Waals surface area contributed by atoms with Crippen LogP contribution < -0.4 is 4.90 Å². The summed E-state index contributed by atoms with van der Waals surface area (Å²) < 4.78 is 19.6. The molecule has 0 saturated heterocycles. The van der Waals surface area contributed by atoms with Gasteiger partial charge in [-0.15, -0.1) is 0 Å². The number of nitrogens with one attached hydrogen (secondary N) is 1. The number of aromatic nitrogens is 6. The summed E-state index contributed by atoms with van der Waals surface area (Å²) in [6.07, 6.45) is 4.75. The third-order valence-corrected chi connectivity index (χ3v) is 4.97. The highest BCUT2D eigenvalue weighted by Gasteiger charge is 2.15. The van der Waals surface area contributed by atoms with Crippen molar-refractivity contribution in [1.82, 2.24) is 29.9 Å². The van der Waals surface area contributed by atoms with Crippen LogP contribution in [0.1, 0.15) is 12.1 Å². The number of H-pyrrole nitrogens is 1. The lowest BCUT2D eigenvalue weighted by Crippen LogP contribution is -2.20. The maximum absolute atomic E-state index is 13.4. The van der Waals surface area contributed by atoms with Crippen molar-refractivity contribution in [2.24, 2.45) is 0 Å². The Labute approximate surface area is 177 Å². The molecule has 160 valence electrons. The van der Waals surface area contributed by atoms with Gasteiger partial charge in [-0.2, -0.15) is 10.2 Å². The lowest BCUT2D eigenvalue weighted by Gasteiger charge is -2.18. The van der Waals surface area contributed by atoms with Crippen LogP contribution in [0.4, 0.5) is 10.2 Å². The molecule has 0 amide bonds. The molecule has 31 heavy (non-hydrogen) atoms. The van der Waals surface area contributed by atoms with E-state index < -0.39 is 5.97 Å². The Hall–Kier alpha value is -3.82. The standard InChI is InChI=1S/C21H22FN7O2/c1-28(20-17-11-25-29(12-19(30)31-2)21(17)24-13-23-20)8-4-7-16-10-18(27-26-16)14-5-3-6-15(22)9-14/h3,5-6,9-11,13H,4,7-8,12H2,1-2H3,(H,26,27). The smallest absolute Gasteiger partial charge is 0.327 e. The average Bonchev–Trinajstić information content (AvgIpc) is 3.41. The number of ether oxygens (including phenoxy) is 1. The number of benzene rings is 1. The molecule has 0 spiro atoms. The third kappa shape index (κ3) is 4.52. The van der Waals surface area contributed by atoms with E-state index in [0.717, 1.165) is 47.5 Å². The summed E-state index contributed by atoms with van der Waals surface area (Å²) in [6.45, 7) is 0.732. The summed E-state index contributed by atoms with van der Waals surface area (Å²) in [6, 6.07) is 8.32. The summed E-state index contributed by atoms with van der Waals surface area (Å²) in [5.41, 5.74) is 3.02. The number of fused-ring (bicyclic) bond motifs is 1. The molecular formula is C21H22FN7O2. The van der Waals surface area contributed by atoms with Gasteiger partial charge in [-0.05, 0) is 31.0 Å². The van der Waals surface area contributed by atoms with Gasteiger partial charge >= 0.3 is 5.97 Å². The van der Waals surface area contributed by atoms with Gasteiger partial charge in [0.1, 0.15) is 24.5 Å². The lowest BCUT2D eigenvalue weighted by atomic mass is 10.1. The van der Waals surface area contributed by atoms with E-state index in [9.17, 15) is 9.18 Å². The van der Waals surface area contributed by atoms with Gasteiger partial charge in [-0.1, -0.05) is 12.1 Å². The first-order valence-electron chi connectivity index (χ1n) is 9.80. The van der Waals surface area contributed by atoms with Gasteiger partial charge < -0.3 is 9.64 Å². The molecule has 0 unspecified atom stereocenters. The van der Waals surface area contributed by atoms with E-state index >= 15 is 0 Å². The Morgan fingerprint density at radius 3 is 2.97 bits per heavy atom. The number of esters is 1. The Morgan fingerprint density at radius 1 is 1.29 bits per heavy atom. The normalized spacial score (nSPS) is 11.1. The fourth-order valence-electron chi connectivity index (χ4n) is 3.39. The number of rotatable bonds is 8. The fourth-order valence-corrected chi connectivity index (χ4v) is 3.39. The number of carbonyl (C=O) groups excluding carboxylic acids is 1. The van der Waals surface area contributed by atoms with Gasteiger partial charge in [0.2, 0.25) is 0 Å². The highest BCUT2D eigenvalue weighted by Crippen LogP contribution is 2.23. The van der Waals surface area contributed by atoms with Gasteiger partial charge in [0.25, 0.3) is 0 Å². The SMILES string of the molecule is COC(=O)Cn1ncc2c(N(C)CCCc3cc(-c4cccc(F)c4)n[nH]3)ncnc21. The molecule has 0 fully saturated rings. The number of hydrogen-bond acceptors (Lipinski definition) is 7. The number of nitrogens with zero attached hydrogens (tertiary/aromatic N) is 6. The number of aryl methyl sites for hydroxylation is 1. The first kappa shape index (κ1) is 20.5. The Balaban J connectivity index is 1.40. The zero-order valence-electron chi connectivity index (χ0n) is 17.2. The summed E-state index contributed by atoms with van der Waals surface area (Å²) >= 11 is 0. The molecule has 0 aliphatic carbocycles. The molecule has 9 nitrogen and oxygen atoms in total. The molecule has 4 aromatic rings. The van der Waals surface area contributed by atoms with Crippen LogP contribution in [0.2, 0.25) is 0 Å². The van der Waals surface area contributed by atoms with Crippen LogP contribution in [-0.2, 0) is 22.5 Å². The minimum atomic E-state index is -0.393. The van der Waals surface area contributed by atoms with Crippen molar-refractivity contribution in [3.05, 3.63) is 54.4 Å². The molecule has 0 radical (unpaired) electrons. The molecule has 0 atom stereocenters. The highest BCUT2D eigenvalue weighted by atomic mass is 19.1. The van der Waals surface area contributed by atoms with E-state index in [1.807, 2.05) is 24.1 Å². The number of hydrogen-bond donors (Lipinski definition) is 1. The third-order valence-electron chi connectivity index (χ3n) is 4.97. The van der Waals surface area contributed by atoms with Crippen molar-refractivity contribution in [3.63, 3.8) is 0 Å². The second-order valence-corrected chi connectivity index (χ2v) is 7.13. The molecular weight excluding hydrogens is 401 g/mol. The van der Waals surface area contributed by atoms with E-state index in [2.05, 4.69) is 25.3 Å². The predicted octanol–water partition coefficient (Wildman–Crippen LogP) is 2.60. The Bertz CT molecular complexity index is 1200. The minimum Gasteiger partial charge on any atom is -0.468 e. The molecule has 1 aromatic carbocycles. The molecule has 0 saturated carbocycles. The maximum Gasteiger partial charge on any atom is 0.327 e. The van der Waals surface area contributed by atoms with Crippen LogP contribution in [-0.4, -0.2) is 56.6 Å². The van der Waals surface area contributed by atoms with Gasteiger partial charge in [-0.3, -0.25) is 9.89 Å². The zero-order chi connectivity index (χ0) is 21.8. The summed E-state index contributed by atoms with van der Waals surface area (Å²) in [5.74, 6) is 0.0663. The second-order valence-electron chi connectivity index (χ2n) is 7.13. The van der Waals surface area contributed by atoms with E-state index in [-0.39, 0.29) is 12.4 Å². The molecule has 1 N–H and O–H groups in total. The molecule has 10 heteroatoms. The van der Waals surface area contributed by atoms with Crippen LogP contribution in [0.15, 0.2) is 42.9 Å². The summed E-state index contributed by atoms with van der Waals surface area (Å²) in [4.78, 5) is 22.2. The van der Waals surface area contributed by atoms with Crippen LogP contribution >= 0.6 is 0 Å². The van der Waals surface area contributed by atoms with Crippen LogP contribution in [0.25, 0.3) is 22.3 Å². The van der Waals surface area contributed by atoms with Crippen molar-refractivity contribution in [2.45, 2.75) is 19.4 Å². The van der Waals surface area contributed by atoms with E-state index in [0.29, 0.717) is 5.65 Å². The van der Waals surface area contributed by atoms with Crippen molar-refractivity contribution in [3.8, 4) is 11.3 Å². The first-order valence-corrected chi connectivity index (χ1v) is 9.80. The van der Waals surface area contributed by atoms with E-state index in [4.69, 9.17) is 4.74 Å². The Morgan fingerprint density at radius 2 is 2.16 bits per heavy atom. The average molecular weight is 423 g/mol. The lowest BCUT2D eigenvalue weighted by molar-refractivity contribution is -0.141. The molecule has 3 heterocycles. The monoisotopic (exact) mass is 423 g/mol. The van der Waals surface area contributed by atoms with Gasteiger partial charge in [0.05, 0.1) is 24.4 Å². The topological polar surface area (TPSA) is 102 Å². The summed E-state index contributed by atoms with van der Waals surface area (Å²) in [7, 11) is 3.29. The van der Waals surface area contributed by atoms with Crippen LogP contribution in [0, 0.1) is 5.82 Å². The zero-order valence-corrected chi connectivity index (χ0v) is 17.2. The number of carbonyl (C=O) groups is 1. The van der Waals surface area contributed by atoms with E-state index in [1.165, 1.54) is 30.3 Å². The van der Waals surface area contributed by atoms with Gasteiger partial charge in [-0.25, -0.2) is 19.0 Å². The minimum absolute atomic E-state index is 0.00631. The summed E-state index contributed by atoms with van der Waals surface area (Å²) in [5, 5.41) is 12.3. The molecule has 0 bridgehead atoms. The van der Waals surface area contributed by atoms with Crippen LogP contribution in [0.3, 0.4) is 0 Å². The van der Waals surface area contributed by atoms with Gasteiger partial charge in [0, 0.05) is 24.8 Å². The largest absolute Gasteiger partial charge is 0.468 e. The number of anilines is 1. The maximum atomic E-state index is 13.4. The Kier molecular flexibility index (Phi) is 5.87. The van der Waals surface area contributed by atoms with E-state index in [1.54, 1.807) is 12.3 Å². The van der Waals surface area contributed by atoms with Gasteiger partial charge in [0.15, 0.2) is 5.65 Å². The fraction of sp³-hybridized carbons (Fsp3) is 0.286. The van der Waals surface area contributed by atoms with Crippen molar-refractivity contribution < 1.29 is 13.9 Å². The molecule has 0 aliphatic heterocycles. The highest BCUT2D eigenvalue weighted by molar-refractivity contribution is 5.87. The number of halogens is 1. The quantitative estimate of drug-likeness (QED) is 0.435. The molecule has 4 rings (SSSR count). The van der Waals surface area contributed by atoms with Crippen molar-refractivity contribution in [2.75, 3.05) is 25.6 Å². The number of methoxy groups -OCH3 is 1. The predicted molar refractivity (Wildman–Crippen MR) is 113 cm³/mol. The van der Waals surface area contributed by atoms with Crippen molar-refractivity contribution in [1.29, 1.82) is 0 Å². The molecule has 0 aliphatic rings. The molecule has 3 aromatic heterocycles. The second kappa shape index (κ2) is 8.90. The first-order chi connectivity index (χ1) is 15.0. The number of aromatic amines is 1. The van der Waals surface area contributed by atoms with Crippen molar-refractivity contribution >= 4 is 22.8 Å².